The van der Waals surface area contributed by atoms with Crippen LogP contribution in [0.25, 0.3) is 6.08 Å². The Bertz CT molecular complexity index is 647. The number of rotatable bonds is 5. The van der Waals surface area contributed by atoms with E-state index in [1.165, 1.54) is 6.08 Å². The summed E-state index contributed by atoms with van der Waals surface area (Å²) < 4.78 is 6.80. The molecule has 0 saturated heterocycles. The van der Waals surface area contributed by atoms with Crippen LogP contribution in [0.3, 0.4) is 0 Å². The quantitative estimate of drug-likeness (QED) is 0.483. The second-order valence-corrected chi connectivity index (χ2v) is 4.57. The number of methoxy groups -OCH3 is 1. The second kappa shape index (κ2) is 6.39. The van der Waals surface area contributed by atoms with E-state index < -0.39 is 0 Å². The number of alkyl halides is 1. The Balaban J connectivity index is 2.17. The SMILES string of the molecule is COc1ccc(/C=C/C(=O)c2cnn(C)c2)cc1CCl. The van der Waals surface area contributed by atoms with Gasteiger partial charge < -0.3 is 4.74 Å². The lowest BCUT2D eigenvalue weighted by Crippen LogP contribution is -1.93. The Labute approximate surface area is 122 Å². The molecular formula is C15H15ClN2O2. The maximum atomic E-state index is 11.9. The molecule has 1 aromatic heterocycles. The first-order chi connectivity index (χ1) is 9.63. The standard InChI is InChI=1S/C15H15ClN2O2/c1-18-10-13(9-17-18)14(19)5-3-11-4-6-15(20-2)12(7-11)8-16/h3-7,9-10H,8H2,1-2H3/b5-3+. The molecule has 0 aliphatic carbocycles. The zero-order valence-corrected chi connectivity index (χ0v) is 12.1. The third-order valence-electron chi connectivity index (χ3n) is 2.86. The zero-order valence-electron chi connectivity index (χ0n) is 11.3. The molecule has 0 radical (unpaired) electrons. The van der Waals surface area contributed by atoms with Gasteiger partial charge in [0.15, 0.2) is 5.78 Å². The van der Waals surface area contributed by atoms with Gasteiger partial charge in [0, 0.05) is 18.8 Å². The third-order valence-corrected chi connectivity index (χ3v) is 3.15. The molecule has 2 aromatic rings. The van der Waals surface area contributed by atoms with Crippen LogP contribution in [0, 0.1) is 0 Å². The van der Waals surface area contributed by atoms with Crippen molar-refractivity contribution < 1.29 is 9.53 Å². The van der Waals surface area contributed by atoms with E-state index in [0.717, 1.165) is 16.9 Å². The summed E-state index contributed by atoms with van der Waals surface area (Å²) in [6, 6.07) is 5.62. The fraction of sp³-hybridized carbons (Fsp3) is 0.200. The summed E-state index contributed by atoms with van der Waals surface area (Å²) in [5.74, 6) is 1.03. The number of halogens is 1. The Kier molecular flexibility index (Phi) is 4.58. The molecule has 0 N–H and O–H groups in total. The lowest BCUT2D eigenvalue weighted by molar-refractivity contribution is 0.104. The Morgan fingerprint density at radius 2 is 2.30 bits per heavy atom. The minimum Gasteiger partial charge on any atom is -0.496 e. The number of aryl methyl sites for hydroxylation is 1. The second-order valence-electron chi connectivity index (χ2n) is 4.31. The largest absolute Gasteiger partial charge is 0.496 e. The number of carbonyl (C=O) groups is 1. The van der Waals surface area contributed by atoms with E-state index in [0.29, 0.717) is 11.4 Å². The molecule has 20 heavy (non-hydrogen) atoms. The van der Waals surface area contributed by atoms with Gasteiger partial charge in [-0.05, 0) is 23.8 Å². The summed E-state index contributed by atoms with van der Waals surface area (Å²) in [5, 5.41) is 3.97. The molecule has 1 aromatic carbocycles. The minimum absolute atomic E-state index is 0.0821. The van der Waals surface area contributed by atoms with Crippen molar-refractivity contribution in [3.8, 4) is 5.75 Å². The van der Waals surface area contributed by atoms with Gasteiger partial charge >= 0.3 is 0 Å². The van der Waals surface area contributed by atoms with Crippen molar-refractivity contribution in [3.63, 3.8) is 0 Å². The van der Waals surface area contributed by atoms with Crippen molar-refractivity contribution in [2.24, 2.45) is 7.05 Å². The Hall–Kier alpha value is -2.07. The van der Waals surface area contributed by atoms with Crippen LogP contribution in [0.5, 0.6) is 5.75 Å². The maximum Gasteiger partial charge on any atom is 0.189 e. The molecule has 0 fully saturated rings. The number of hydrogen-bond acceptors (Lipinski definition) is 3. The number of aromatic nitrogens is 2. The maximum absolute atomic E-state index is 11.9. The molecule has 0 aliphatic heterocycles. The van der Waals surface area contributed by atoms with E-state index in [9.17, 15) is 4.79 Å². The van der Waals surface area contributed by atoms with Crippen molar-refractivity contribution in [1.29, 1.82) is 0 Å². The van der Waals surface area contributed by atoms with Crippen molar-refractivity contribution in [2.75, 3.05) is 7.11 Å². The highest BCUT2D eigenvalue weighted by Crippen LogP contribution is 2.22. The fourth-order valence-corrected chi connectivity index (χ4v) is 2.03. The molecule has 0 unspecified atom stereocenters. The first-order valence-corrected chi connectivity index (χ1v) is 6.61. The molecule has 0 spiro atoms. The molecule has 0 amide bonds. The molecule has 5 heteroatoms. The number of benzene rings is 1. The summed E-state index contributed by atoms with van der Waals surface area (Å²) in [7, 11) is 3.38. The first-order valence-electron chi connectivity index (χ1n) is 6.08. The van der Waals surface area contributed by atoms with Crippen molar-refractivity contribution in [1.82, 2.24) is 9.78 Å². The van der Waals surface area contributed by atoms with Crippen LogP contribution in [0.4, 0.5) is 0 Å². The summed E-state index contributed by atoms with van der Waals surface area (Å²) in [5.41, 5.74) is 2.36. The van der Waals surface area contributed by atoms with Gasteiger partial charge in [0.25, 0.3) is 0 Å². The number of nitrogens with zero attached hydrogens (tertiary/aromatic N) is 2. The van der Waals surface area contributed by atoms with Crippen molar-refractivity contribution in [3.05, 3.63) is 53.4 Å². The molecule has 0 aliphatic rings. The molecule has 1 heterocycles. The topological polar surface area (TPSA) is 44.1 Å². The monoisotopic (exact) mass is 290 g/mol. The van der Waals surface area contributed by atoms with Gasteiger partial charge in [-0.2, -0.15) is 5.10 Å². The minimum atomic E-state index is -0.0821. The summed E-state index contributed by atoms with van der Waals surface area (Å²) in [6.07, 6.45) is 6.51. The predicted molar refractivity (Wildman–Crippen MR) is 79.1 cm³/mol. The van der Waals surface area contributed by atoms with Crippen LogP contribution in [-0.4, -0.2) is 22.7 Å². The lowest BCUT2D eigenvalue weighted by Gasteiger charge is -2.06. The van der Waals surface area contributed by atoms with Gasteiger partial charge in [0.1, 0.15) is 5.75 Å². The van der Waals surface area contributed by atoms with Crippen LogP contribution in [-0.2, 0) is 12.9 Å². The molecule has 0 saturated carbocycles. The fourth-order valence-electron chi connectivity index (χ4n) is 1.82. The highest BCUT2D eigenvalue weighted by Gasteiger charge is 2.05. The molecular weight excluding hydrogens is 276 g/mol. The lowest BCUT2D eigenvalue weighted by atomic mass is 10.1. The van der Waals surface area contributed by atoms with Crippen LogP contribution in [0.1, 0.15) is 21.5 Å². The van der Waals surface area contributed by atoms with Gasteiger partial charge in [0.05, 0.1) is 24.8 Å². The molecule has 2 rings (SSSR count). The molecule has 0 bridgehead atoms. The summed E-state index contributed by atoms with van der Waals surface area (Å²) in [4.78, 5) is 11.9. The van der Waals surface area contributed by atoms with E-state index in [-0.39, 0.29) is 5.78 Å². The van der Waals surface area contributed by atoms with E-state index in [1.54, 1.807) is 37.3 Å². The number of ketones is 1. The molecule has 104 valence electrons. The number of carbonyl (C=O) groups excluding carboxylic acids is 1. The average Bonchev–Trinajstić information content (AvgIpc) is 2.91. The van der Waals surface area contributed by atoms with Gasteiger partial charge in [0.2, 0.25) is 0 Å². The Morgan fingerprint density at radius 3 is 2.90 bits per heavy atom. The smallest absolute Gasteiger partial charge is 0.189 e. The highest BCUT2D eigenvalue weighted by molar-refractivity contribution is 6.17. The molecule has 0 atom stereocenters. The van der Waals surface area contributed by atoms with Crippen LogP contribution >= 0.6 is 11.6 Å². The first kappa shape index (κ1) is 14.3. The average molecular weight is 291 g/mol. The van der Waals surface area contributed by atoms with Crippen molar-refractivity contribution >= 4 is 23.5 Å². The van der Waals surface area contributed by atoms with E-state index >= 15 is 0 Å². The highest BCUT2D eigenvalue weighted by atomic mass is 35.5. The number of ether oxygens (including phenoxy) is 1. The predicted octanol–water partition coefficient (Wildman–Crippen LogP) is 3.06. The van der Waals surface area contributed by atoms with E-state index in [1.807, 2.05) is 18.2 Å². The summed E-state index contributed by atoms with van der Waals surface area (Å²) in [6.45, 7) is 0. The van der Waals surface area contributed by atoms with Gasteiger partial charge in [-0.3, -0.25) is 9.48 Å². The van der Waals surface area contributed by atoms with Crippen LogP contribution in [0.2, 0.25) is 0 Å². The van der Waals surface area contributed by atoms with Crippen LogP contribution in [0.15, 0.2) is 36.7 Å². The van der Waals surface area contributed by atoms with Gasteiger partial charge in [-0.25, -0.2) is 0 Å². The Morgan fingerprint density at radius 1 is 1.50 bits per heavy atom. The van der Waals surface area contributed by atoms with E-state index in [4.69, 9.17) is 16.3 Å². The van der Waals surface area contributed by atoms with Gasteiger partial charge in [-0.1, -0.05) is 12.1 Å². The number of hydrogen-bond donors (Lipinski definition) is 0. The van der Waals surface area contributed by atoms with Crippen LogP contribution < -0.4 is 4.74 Å². The number of allylic oxidation sites excluding steroid dienone is 1. The van der Waals surface area contributed by atoms with E-state index in [2.05, 4.69) is 5.10 Å². The molecule has 4 nitrogen and oxygen atoms in total. The normalized spacial score (nSPS) is 10.9. The van der Waals surface area contributed by atoms with Gasteiger partial charge in [-0.15, -0.1) is 11.6 Å². The zero-order chi connectivity index (χ0) is 14.5. The third kappa shape index (κ3) is 3.27. The summed E-state index contributed by atoms with van der Waals surface area (Å²) >= 11 is 5.86. The van der Waals surface area contributed by atoms with Crippen molar-refractivity contribution in [2.45, 2.75) is 5.88 Å².